The van der Waals surface area contributed by atoms with Crippen molar-refractivity contribution >= 4 is 28.3 Å². The first-order valence-electron chi connectivity index (χ1n) is 6.54. The van der Waals surface area contributed by atoms with E-state index in [1.54, 1.807) is 11.2 Å². The Balaban J connectivity index is 2.23. The summed E-state index contributed by atoms with van der Waals surface area (Å²) in [5.41, 5.74) is 0.987. The van der Waals surface area contributed by atoms with E-state index in [-0.39, 0.29) is 23.4 Å². The predicted molar refractivity (Wildman–Crippen MR) is 82.0 cm³/mol. The molecule has 20 heavy (non-hydrogen) atoms. The fraction of sp³-hybridized carbons (Fsp3) is 0.500. The Kier molecular flexibility index (Phi) is 4.83. The van der Waals surface area contributed by atoms with Gasteiger partial charge in [-0.3, -0.25) is 14.3 Å². The Morgan fingerprint density at radius 3 is 2.55 bits per heavy atom. The largest absolute Gasteiger partial charge is 0.320 e. The lowest BCUT2D eigenvalue weighted by molar-refractivity contribution is -0.129. The lowest BCUT2D eigenvalue weighted by Gasteiger charge is -2.26. The van der Waals surface area contributed by atoms with E-state index >= 15 is 0 Å². The first-order chi connectivity index (χ1) is 9.40. The second-order valence-electron chi connectivity index (χ2n) is 5.14. The lowest BCUT2D eigenvalue weighted by Crippen LogP contribution is -2.37. The van der Waals surface area contributed by atoms with Gasteiger partial charge in [0.2, 0.25) is 5.91 Å². The smallest absolute Gasteiger partial charge is 0.241 e. The molecule has 1 amide bonds. The third-order valence-electron chi connectivity index (χ3n) is 3.58. The van der Waals surface area contributed by atoms with Crippen molar-refractivity contribution in [1.29, 1.82) is 0 Å². The van der Waals surface area contributed by atoms with Crippen LogP contribution >= 0.6 is 11.6 Å². The van der Waals surface area contributed by atoms with Crippen LogP contribution in [0.1, 0.15) is 25.6 Å². The average Bonchev–Trinajstić information content (AvgIpc) is 2.68. The van der Waals surface area contributed by atoms with Gasteiger partial charge in [-0.1, -0.05) is 23.7 Å². The highest BCUT2D eigenvalue weighted by molar-refractivity contribution is 7.84. The van der Waals surface area contributed by atoms with Gasteiger partial charge in [0.15, 0.2) is 0 Å². The number of amides is 1. The Morgan fingerprint density at radius 2 is 2.00 bits per heavy atom. The molecule has 2 rings (SSSR count). The summed E-state index contributed by atoms with van der Waals surface area (Å²) in [5, 5.41) is 3.88. The van der Waals surface area contributed by atoms with E-state index in [1.807, 2.05) is 38.1 Å². The molecule has 1 aliphatic heterocycles. The van der Waals surface area contributed by atoms with Gasteiger partial charge in [0.05, 0.1) is 6.04 Å². The van der Waals surface area contributed by atoms with Crippen LogP contribution in [0.2, 0.25) is 5.02 Å². The van der Waals surface area contributed by atoms with E-state index < -0.39 is 10.8 Å². The summed E-state index contributed by atoms with van der Waals surface area (Å²) in [5.74, 6) is 0.0438. The summed E-state index contributed by atoms with van der Waals surface area (Å²) in [6.45, 7) is 4.22. The zero-order valence-corrected chi connectivity index (χ0v) is 13.4. The van der Waals surface area contributed by atoms with Gasteiger partial charge in [-0.05, 0) is 31.5 Å². The standard InChI is InChI=1S/C14H19ClN2O2S/c1-9(20(3)19)8-17-13(16-10(2)14(17)18)11-4-6-12(15)7-5-11/h4-7,9-10,13,16H,8H2,1-3H3. The van der Waals surface area contributed by atoms with Crippen LogP contribution in [-0.2, 0) is 15.6 Å². The second kappa shape index (κ2) is 6.24. The quantitative estimate of drug-likeness (QED) is 0.924. The van der Waals surface area contributed by atoms with E-state index in [2.05, 4.69) is 5.32 Å². The fourth-order valence-corrected chi connectivity index (χ4v) is 2.77. The van der Waals surface area contributed by atoms with Crippen molar-refractivity contribution in [2.75, 3.05) is 12.8 Å². The molecule has 1 heterocycles. The Morgan fingerprint density at radius 1 is 1.40 bits per heavy atom. The van der Waals surface area contributed by atoms with Gasteiger partial charge < -0.3 is 4.90 Å². The highest BCUT2D eigenvalue weighted by atomic mass is 35.5. The molecule has 0 aliphatic carbocycles. The molecule has 1 aromatic rings. The SMILES string of the molecule is CC1NC(c2ccc(Cl)cc2)N(CC(C)S(C)=O)C1=O. The van der Waals surface area contributed by atoms with Crippen molar-refractivity contribution in [1.82, 2.24) is 10.2 Å². The van der Waals surface area contributed by atoms with Gasteiger partial charge in [0, 0.05) is 33.9 Å². The van der Waals surface area contributed by atoms with Crippen molar-refractivity contribution in [3.63, 3.8) is 0 Å². The van der Waals surface area contributed by atoms with Crippen molar-refractivity contribution in [2.45, 2.75) is 31.3 Å². The van der Waals surface area contributed by atoms with Crippen molar-refractivity contribution in [3.05, 3.63) is 34.9 Å². The summed E-state index contributed by atoms with van der Waals surface area (Å²) in [6, 6.07) is 7.21. The molecule has 0 aromatic heterocycles. The number of nitrogens with one attached hydrogen (secondary N) is 1. The number of nitrogens with zero attached hydrogens (tertiary/aromatic N) is 1. The van der Waals surface area contributed by atoms with Crippen LogP contribution in [0, 0.1) is 0 Å². The minimum Gasteiger partial charge on any atom is -0.320 e. The maximum absolute atomic E-state index is 12.3. The summed E-state index contributed by atoms with van der Waals surface area (Å²) in [6.07, 6.45) is 1.49. The molecule has 1 fully saturated rings. The molecule has 6 heteroatoms. The molecule has 4 nitrogen and oxygen atoms in total. The molecule has 1 saturated heterocycles. The zero-order valence-electron chi connectivity index (χ0n) is 11.8. The zero-order chi connectivity index (χ0) is 14.9. The molecule has 0 bridgehead atoms. The van der Waals surface area contributed by atoms with E-state index in [0.717, 1.165) is 5.56 Å². The topological polar surface area (TPSA) is 49.4 Å². The van der Waals surface area contributed by atoms with Crippen LogP contribution in [0.4, 0.5) is 0 Å². The van der Waals surface area contributed by atoms with Crippen LogP contribution in [0.5, 0.6) is 0 Å². The van der Waals surface area contributed by atoms with Crippen LogP contribution in [-0.4, -0.2) is 39.1 Å². The van der Waals surface area contributed by atoms with E-state index in [1.165, 1.54) is 0 Å². The van der Waals surface area contributed by atoms with Crippen LogP contribution in [0.15, 0.2) is 24.3 Å². The highest BCUT2D eigenvalue weighted by Crippen LogP contribution is 2.26. The number of hydrogen-bond donors (Lipinski definition) is 1. The summed E-state index contributed by atoms with van der Waals surface area (Å²) in [4.78, 5) is 14.0. The maximum atomic E-state index is 12.3. The number of hydrogen-bond acceptors (Lipinski definition) is 3. The number of benzene rings is 1. The van der Waals surface area contributed by atoms with E-state index in [4.69, 9.17) is 11.6 Å². The molecule has 0 saturated carbocycles. The van der Waals surface area contributed by atoms with Crippen molar-refractivity contribution in [3.8, 4) is 0 Å². The number of rotatable bonds is 4. The molecule has 110 valence electrons. The molecule has 0 radical (unpaired) electrons. The fourth-order valence-electron chi connectivity index (χ4n) is 2.27. The minimum absolute atomic E-state index is 0.0438. The van der Waals surface area contributed by atoms with Gasteiger partial charge in [0.1, 0.15) is 6.17 Å². The molecule has 1 N–H and O–H groups in total. The average molecular weight is 315 g/mol. The summed E-state index contributed by atoms with van der Waals surface area (Å²) in [7, 11) is -0.950. The number of halogens is 1. The highest BCUT2D eigenvalue weighted by Gasteiger charge is 2.37. The van der Waals surface area contributed by atoms with Gasteiger partial charge in [-0.2, -0.15) is 0 Å². The first-order valence-corrected chi connectivity index (χ1v) is 8.54. The van der Waals surface area contributed by atoms with Crippen LogP contribution in [0.3, 0.4) is 0 Å². The number of carbonyl (C=O) groups is 1. The third-order valence-corrected chi connectivity index (χ3v) is 5.11. The minimum atomic E-state index is -0.950. The lowest BCUT2D eigenvalue weighted by atomic mass is 10.1. The molecular formula is C14H19ClN2O2S. The van der Waals surface area contributed by atoms with Gasteiger partial charge in [-0.15, -0.1) is 0 Å². The maximum Gasteiger partial charge on any atom is 0.241 e. The molecule has 4 unspecified atom stereocenters. The monoisotopic (exact) mass is 314 g/mol. The predicted octanol–water partition coefficient (Wildman–Crippen LogP) is 1.93. The van der Waals surface area contributed by atoms with Gasteiger partial charge >= 0.3 is 0 Å². The van der Waals surface area contributed by atoms with Crippen molar-refractivity contribution < 1.29 is 9.00 Å². The normalized spacial score (nSPS) is 25.8. The summed E-state index contributed by atoms with van der Waals surface area (Å²) < 4.78 is 11.5. The van der Waals surface area contributed by atoms with E-state index in [0.29, 0.717) is 11.6 Å². The van der Waals surface area contributed by atoms with E-state index in [9.17, 15) is 9.00 Å². The molecule has 0 spiro atoms. The molecule has 1 aliphatic rings. The van der Waals surface area contributed by atoms with Crippen LogP contribution < -0.4 is 5.32 Å². The second-order valence-corrected chi connectivity index (χ2v) is 7.38. The van der Waals surface area contributed by atoms with Gasteiger partial charge in [-0.25, -0.2) is 0 Å². The van der Waals surface area contributed by atoms with Crippen LogP contribution in [0.25, 0.3) is 0 Å². The Hall–Kier alpha value is -0.910. The van der Waals surface area contributed by atoms with Gasteiger partial charge in [0.25, 0.3) is 0 Å². The molecule has 1 aromatic carbocycles. The third kappa shape index (κ3) is 3.22. The Labute approximate surface area is 126 Å². The first kappa shape index (κ1) is 15.5. The Bertz CT molecular complexity index is 520. The number of carbonyl (C=O) groups excluding carboxylic acids is 1. The van der Waals surface area contributed by atoms with Crippen molar-refractivity contribution in [2.24, 2.45) is 0 Å². The summed E-state index contributed by atoms with van der Waals surface area (Å²) >= 11 is 5.90. The molecule has 4 atom stereocenters. The molecular weight excluding hydrogens is 296 g/mol.